The Kier molecular flexibility index (Phi) is 5.38. The maximum absolute atomic E-state index is 10.9. The molecule has 0 aromatic rings. The van der Waals surface area contributed by atoms with Gasteiger partial charge in [-0.3, -0.25) is 0 Å². The van der Waals surface area contributed by atoms with Gasteiger partial charge in [0, 0.05) is 0 Å². The van der Waals surface area contributed by atoms with Crippen LogP contribution in [0, 0.1) is 0 Å². The van der Waals surface area contributed by atoms with E-state index in [9.17, 15) is 4.79 Å². The van der Waals surface area contributed by atoms with Crippen LogP contribution >= 0.6 is 12.6 Å². The number of allylic oxidation sites excluding steroid dienone is 3. The van der Waals surface area contributed by atoms with Crippen molar-refractivity contribution in [2.75, 3.05) is 0 Å². The Balaban J connectivity index is 4.94. The third kappa shape index (κ3) is 4.57. The Labute approximate surface area is 102 Å². The number of carboxylic acid groups (broad SMARTS) is 1. The molecule has 0 spiro atoms. The molecule has 0 aliphatic heterocycles. The highest BCUT2D eigenvalue weighted by Gasteiger charge is 2.30. The summed E-state index contributed by atoms with van der Waals surface area (Å²) in [6.07, 6.45) is 3.43. The Bertz CT molecular complexity index is 351. The molecule has 0 saturated heterocycles. The molecule has 90 valence electrons. The second kappa shape index (κ2) is 5.80. The summed E-state index contributed by atoms with van der Waals surface area (Å²) in [6, 6.07) is 0. The molecule has 16 heavy (non-hydrogen) atoms. The summed E-state index contributed by atoms with van der Waals surface area (Å²) in [5.74, 6) is -0.494. The van der Waals surface area contributed by atoms with Crippen molar-refractivity contribution in [2.45, 2.75) is 33.3 Å². The summed E-state index contributed by atoms with van der Waals surface area (Å²) in [5.41, 5.74) is -0.466. The van der Waals surface area contributed by atoms with Crippen molar-refractivity contribution in [1.82, 2.24) is 0 Å². The van der Waals surface area contributed by atoms with Crippen molar-refractivity contribution in [3.8, 4) is 0 Å². The Morgan fingerprint density at radius 1 is 1.50 bits per heavy atom. The number of carboxylic acids is 1. The van der Waals surface area contributed by atoms with Crippen LogP contribution in [-0.2, 0) is 9.53 Å². The van der Waals surface area contributed by atoms with E-state index in [0.29, 0.717) is 10.7 Å². The molecule has 3 nitrogen and oxygen atoms in total. The monoisotopic (exact) mass is 242 g/mol. The van der Waals surface area contributed by atoms with Gasteiger partial charge in [-0.25, -0.2) is 4.79 Å². The van der Waals surface area contributed by atoms with Crippen molar-refractivity contribution in [1.29, 1.82) is 0 Å². The second-order valence-electron chi connectivity index (χ2n) is 3.89. The van der Waals surface area contributed by atoms with E-state index in [-0.39, 0.29) is 0 Å². The maximum Gasteiger partial charge on any atom is 0.347 e. The summed E-state index contributed by atoms with van der Waals surface area (Å²) in [4.78, 5) is 11.5. The fourth-order valence-corrected chi connectivity index (χ4v) is 1.20. The molecule has 0 rings (SSSR count). The average molecular weight is 242 g/mol. The SMILES string of the molecule is C=C(S)/C=C(C)\C(=C/C)OC(C)(C)C(=O)O. The zero-order valence-corrected chi connectivity index (χ0v) is 11.0. The van der Waals surface area contributed by atoms with Crippen LogP contribution in [0.1, 0.15) is 27.7 Å². The van der Waals surface area contributed by atoms with E-state index in [4.69, 9.17) is 9.84 Å². The van der Waals surface area contributed by atoms with Crippen molar-refractivity contribution in [2.24, 2.45) is 0 Å². The van der Waals surface area contributed by atoms with Gasteiger partial charge in [-0.05, 0) is 50.3 Å². The molecule has 0 bridgehead atoms. The van der Waals surface area contributed by atoms with Gasteiger partial charge in [-0.2, -0.15) is 0 Å². The topological polar surface area (TPSA) is 46.5 Å². The summed E-state index contributed by atoms with van der Waals surface area (Å²) in [5, 5.41) is 8.95. The van der Waals surface area contributed by atoms with Gasteiger partial charge in [-0.15, -0.1) is 12.6 Å². The molecule has 0 amide bonds. The molecular formula is C12H18O3S. The van der Waals surface area contributed by atoms with E-state index in [0.717, 1.165) is 5.57 Å². The first-order chi connectivity index (χ1) is 7.20. The Hall–Kier alpha value is -1.16. The number of aliphatic carboxylic acids is 1. The van der Waals surface area contributed by atoms with Crippen LogP contribution in [0.3, 0.4) is 0 Å². The third-order valence-electron chi connectivity index (χ3n) is 1.91. The number of hydrogen-bond acceptors (Lipinski definition) is 3. The van der Waals surface area contributed by atoms with Crippen LogP contribution < -0.4 is 0 Å². The van der Waals surface area contributed by atoms with Gasteiger partial charge >= 0.3 is 5.97 Å². The lowest BCUT2D eigenvalue weighted by atomic mass is 10.1. The molecule has 0 aromatic carbocycles. The number of carbonyl (C=O) groups is 1. The van der Waals surface area contributed by atoms with Crippen LogP contribution in [0.4, 0.5) is 0 Å². The van der Waals surface area contributed by atoms with Gasteiger partial charge in [-0.1, -0.05) is 6.58 Å². The van der Waals surface area contributed by atoms with E-state index in [2.05, 4.69) is 19.2 Å². The van der Waals surface area contributed by atoms with Crippen LogP contribution in [0.2, 0.25) is 0 Å². The normalized spacial score (nSPS) is 13.6. The largest absolute Gasteiger partial charge is 0.478 e. The number of rotatable bonds is 5. The minimum atomic E-state index is -1.26. The van der Waals surface area contributed by atoms with Crippen molar-refractivity contribution >= 4 is 18.6 Å². The Morgan fingerprint density at radius 2 is 2.00 bits per heavy atom. The quantitative estimate of drug-likeness (QED) is 0.442. The van der Waals surface area contributed by atoms with Crippen LogP contribution in [0.25, 0.3) is 0 Å². The van der Waals surface area contributed by atoms with Gasteiger partial charge in [0.25, 0.3) is 0 Å². The van der Waals surface area contributed by atoms with Crippen LogP contribution in [0.5, 0.6) is 0 Å². The lowest BCUT2D eigenvalue weighted by molar-refractivity contribution is -0.156. The average Bonchev–Trinajstić information content (AvgIpc) is 2.12. The summed E-state index contributed by atoms with van der Waals surface area (Å²) >= 11 is 4.05. The van der Waals surface area contributed by atoms with Gasteiger partial charge in [0.1, 0.15) is 5.76 Å². The van der Waals surface area contributed by atoms with Crippen molar-refractivity contribution in [3.05, 3.63) is 35.0 Å². The molecule has 1 N–H and O–H groups in total. The summed E-state index contributed by atoms with van der Waals surface area (Å²) in [7, 11) is 0. The summed E-state index contributed by atoms with van der Waals surface area (Å²) in [6.45, 7) is 10.2. The highest BCUT2D eigenvalue weighted by atomic mass is 32.1. The number of ether oxygens (including phenoxy) is 1. The molecule has 0 unspecified atom stereocenters. The fourth-order valence-electron chi connectivity index (χ4n) is 1.01. The van der Waals surface area contributed by atoms with E-state index in [1.54, 1.807) is 19.1 Å². The molecule has 0 fully saturated rings. The van der Waals surface area contributed by atoms with Gasteiger partial charge < -0.3 is 9.84 Å². The number of thiol groups is 1. The molecule has 0 heterocycles. The molecule has 0 radical (unpaired) electrons. The molecule has 0 atom stereocenters. The van der Waals surface area contributed by atoms with E-state index in [1.165, 1.54) is 13.8 Å². The first kappa shape index (κ1) is 14.8. The second-order valence-corrected chi connectivity index (χ2v) is 4.46. The first-order valence-electron chi connectivity index (χ1n) is 4.86. The lowest BCUT2D eigenvalue weighted by Gasteiger charge is -2.23. The molecule has 4 heteroatoms. The number of hydrogen-bond donors (Lipinski definition) is 2. The smallest absolute Gasteiger partial charge is 0.347 e. The highest BCUT2D eigenvalue weighted by Crippen LogP contribution is 2.21. The zero-order valence-electron chi connectivity index (χ0n) is 10.1. The van der Waals surface area contributed by atoms with Crippen molar-refractivity contribution < 1.29 is 14.6 Å². The third-order valence-corrected chi connectivity index (χ3v) is 2.04. The molecular weight excluding hydrogens is 224 g/mol. The maximum atomic E-state index is 10.9. The predicted octanol–water partition coefficient (Wildman–Crippen LogP) is 3.16. The molecule has 0 aliphatic carbocycles. The minimum absolute atomic E-state index is 0.516. The Morgan fingerprint density at radius 3 is 2.31 bits per heavy atom. The first-order valence-corrected chi connectivity index (χ1v) is 5.30. The van der Waals surface area contributed by atoms with E-state index < -0.39 is 11.6 Å². The van der Waals surface area contributed by atoms with Crippen molar-refractivity contribution in [3.63, 3.8) is 0 Å². The van der Waals surface area contributed by atoms with Gasteiger partial charge in [0.15, 0.2) is 5.60 Å². The predicted molar refractivity (Wildman–Crippen MR) is 68.4 cm³/mol. The molecule has 0 aromatic heterocycles. The lowest BCUT2D eigenvalue weighted by Crippen LogP contribution is -2.34. The highest BCUT2D eigenvalue weighted by molar-refractivity contribution is 7.84. The van der Waals surface area contributed by atoms with Crippen LogP contribution in [0.15, 0.2) is 35.0 Å². The zero-order chi connectivity index (χ0) is 12.9. The summed E-state index contributed by atoms with van der Waals surface area (Å²) < 4.78 is 5.43. The molecule has 0 aliphatic rings. The van der Waals surface area contributed by atoms with Crippen LogP contribution in [-0.4, -0.2) is 16.7 Å². The fraction of sp³-hybridized carbons (Fsp3) is 0.417. The van der Waals surface area contributed by atoms with Gasteiger partial charge in [0.05, 0.1) is 0 Å². The van der Waals surface area contributed by atoms with Gasteiger partial charge in [0.2, 0.25) is 0 Å². The van der Waals surface area contributed by atoms with E-state index >= 15 is 0 Å². The standard InChI is InChI=1S/C12H18O3S/c1-6-10(8(2)7-9(3)16)15-12(4,5)11(13)14/h6-7,16H,3H2,1-2,4-5H3,(H,13,14)/b8-7-,10-6+. The molecule has 0 saturated carbocycles. The minimum Gasteiger partial charge on any atom is -0.478 e. The van der Waals surface area contributed by atoms with E-state index in [1.807, 2.05) is 6.92 Å².